The lowest BCUT2D eigenvalue weighted by molar-refractivity contribution is -0.119. The van der Waals surface area contributed by atoms with Gasteiger partial charge in [0, 0.05) is 51.9 Å². The van der Waals surface area contributed by atoms with Crippen LogP contribution in [0.1, 0.15) is 12.0 Å². The van der Waals surface area contributed by atoms with Crippen molar-refractivity contribution in [1.29, 1.82) is 0 Å². The highest BCUT2D eigenvalue weighted by molar-refractivity contribution is 5.85. The van der Waals surface area contributed by atoms with Crippen LogP contribution in [0.4, 0.5) is 0 Å². The van der Waals surface area contributed by atoms with Gasteiger partial charge in [0.1, 0.15) is 0 Å². The second kappa shape index (κ2) is 10.7. The van der Waals surface area contributed by atoms with Gasteiger partial charge in [0.05, 0.1) is 14.2 Å². The molecular weight excluding hydrogens is 384 g/mol. The molecule has 158 valence electrons. The third-order valence-corrected chi connectivity index (χ3v) is 5.20. The molecule has 2 aliphatic rings. The number of methoxy groups -OCH3 is 2. The third kappa shape index (κ3) is 5.64. The number of piperazine rings is 1. The fourth-order valence-electron chi connectivity index (χ4n) is 3.87. The maximum absolute atomic E-state index is 11.0. The molecule has 1 amide bonds. The minimum absolute atomic E-state index is 0. The first-order valence-corrected chi connectivity index (χ1v) is 9.44. The Hall–Kier alpha value is -1.74. The molecular formula is C19H31ClN4O4. The molecule has 2 aliphatic heterocycles. The number of primary amides is 1. The Kier molecular flexibility index (Phi) is 8.62. The van der Waals surface area contributed by atoms with E-state index in [0.717, 1.165) is 51.4 Å². The Labute approximate surface area is 172 Å². The van der Waals surface area contributed by atoms with Gasteiger partial charge in [0.2, 0.25) is 5.75 Å². The maximum atomic E-state index is 11.0. The number of likely N-dealkylation sites (tertiary alicyclic amines) is 1. The number of hydrogen-bond acceptors (Lipinski definition) is 7. The van der Waals surface area contributed by atoms with Crippen LogP contribution in [0, 0.1) is 0 Å². The molecule has 9 heteroatoms. The predicted octanol–water partition coefficient (Wildman–Crippen LogP) is 0.469. The van der Waals surface area contributed by atoms with Gasteiger partial charge in [-0.2, -0.15) is 0 Å². The topological polar surface area (TPSA) is 89.3 Å². The number of ether oxygens (including phenoxy) is 3. The van der Waals surface area contributed by atoms with Crippen molar-refractivity contribution in [3.63, 3.8) is 0 Å². The van der Waals surface area contributed by atoms with Crippen molar-refractivity contribution in [2.75, 3.05) is 60.1 Å². The zero-order chi connectivity index (χ0) is 19.2. The van der Waals surface area contributed by atoms with Crippen LogP contribution in [0.25, 0.3) is 0 Å². The van der Waals surface area contributed by atoms with Crippen molar-refractivity contribution in [3.05, 3.63) is 17.7 Å². The van der Waals surface area contributed by atoms with E-state index >= 15 is 0 Å². The Morgan fingerprint density at radius 2 is 1.82 bits per heavy atom. The summed E-state index contributed by atoms with van der Waals surface area (Å²) < 4.78 is 16.4. The summed E-state index contributed by atoms with van der Waals surface area (Å²) in [6.45, 7) is 7.19. The summed E-state index contributed by atoms with van der Waals surface area (Å²) in [5, 5.41) is 3.41. The molecule has 8 nitrogen and oxygen atoms in total. The monoisotopic (exact) mass is 414 g/mol. The number of carbonyl (C=O) groups excluding carboxylic acids is 1. The van der Waals surface area contributed by atoms with Crippen LogP contribution >= 0.6 is 12.4 Å². The fourth-order valence-corrected chi connectivity index (χ4v) is 3.87. The molecule has 0 aromatic heterocycles. The molecule has 2 fully saturated rings. The number of hydrogen-bond donors (Lipinski definition) is 2. The van der Waals surface area contributed by atoms with E-state index in [2.05, 4.69) is 15.1 Å². The van der Waals surface area contributed by atoms with Gasteiger partial charge >= 0.3 is 0 Å². The van der Waals surface area contributed by atoms with Gasteiger partial charge in [0.15, 0.2) is 18.1 Å². The van der Waals surface area contributed by atoms with Crippen LogP contribution in [-0.2, 0) is 11.3 Å². The van der Waals surface area contributed by atoms with E-state index < -0.39 is 5.91 Å². The van der Waals surface area contributed by atoms with E-state index in [9.17, 15) is 4.79 Å². The molecule has 1 unspecified atom stereocenters. The van der Waals surface area contributed by atoms with Crippen LogP contribution in [0.15, 0.2) is 12.1 Å². The van der Waals surface area contributed by atoms with Crippen LogP contribution in [0.2, 0.25) is 0 Å². The minimum Gasteiger partial charge on any atom is -0.493 e. The van der Waals surface area contributed by atoms with E-state index in [1.54, 1.807) is 14.2 Å². The molecule has 2 saturated heterocycles. The standard InChI is InChI=1S/C19H30N4O4.ClH/c1-25-16-9-14(10-17(26-2)19(16)27-13-18(20)24)11-22-6-3-15(12-22)23-7-4-21-5-8-23;/h9-10,15,21H,3-8,11-13H2,1-2H3,(H2,20,24);1H. The molecule has 2 heterocycles. The van der Waals surface area contributed by atoms with Crippen molar-refractivity contribution in [1.82, 2.24) is 15.1 Å². The highest BCUT2D eigenvalue weighted by Gasteiger charge is 2.28. The number of nitrogens with one attached hydrogen (secondary N) is 1. The third-order valence-electron chi connectivity index (χ3n) is 5.20. The lowest BCUT2D eigenvalue weighted by atomic mass is 10.1. The Bertz CT molecular complexity index is 630. The Morgan fingerprint density at radius 3 is 2.39 bits per heavy atom. The quantitative estimate of drug-likeness (QED) is 0.639. The van der Waals surface area contributed by atoms with Gasteiger partial charge in [-0.3, -0.25) is 14.6 Å². The first-order chi connectivity index (χ1) is 13.1. The molecule has 0 aliphatic carbocycles. The van der Waals surface area contributed by atoms with Crippen LogP contribution in [-0.4, -0.2) is 81.8 Å². The number of nitrogens with zero attached hydrogens (tertiary/aromatic N) is 2. The molecule has 0 spiro atoms. The van der Waals surface area contributed by atoms with Crippen LogP contribution in [0.3, 0.4) is 0 Å². The second-order valence-corrected chi connectivity index (χ2v) is 7.05. The Balaban J connectivity index is 0.00000280. The molecule has 1 atom stereocenters. The highest BCUT2D eigenvalue weighted by atomic mass is 35.5. The van der Waals surface area contributed by atoms with E-state index in [1.165, 1.54) is 6.42 Å². The first-order valence-electron chi connectivity index (χ1n) is 9.44. The zero-order valence-electron chi connectivity index (χ0n) is 16.6. The molecule has 1 aromatic rings. The van der Waals surface area contributed by atoms with Crippen molar-refractivity contribution in [3.8, 4) is 17.2 Å². The largest absolute Gasteiger partial charge is 0.493 e. The fraction of sp³-hybridized carbons (Fsp3) is 0.632. The first kappa shape index (κ1) is 22.5. The summed E-state index contributed by atoms with van der Waals surface area (Å²) >= 11 is 0. The lowest BCUT2D eigenvalue weighted by Gasteiger charge is -2.32. The van der Waals surface area contributed by atoms with E-state index in [0.29, 0.717) is 23.3 Å². The van der Waals surface area contributed by atoms with Crippen molar-refractivity contribution in [2.24, 2.45) is 5.73 Å². The number of halogens is 1. The molecule has 0 saturated carbocycles. The van der Waals surface area contributed by atoms with Crippen molar-refractivity contribution in [2.45, 2.75) is 19.0 Å². The number of amides is 1. The molecule has 3 rings (SSSR count). The summed E-state index contributed by atoms with van der Waals surface area (Å²) in [6, 6.07) is 4.52. The van der Waals surface area contributed by atoms with Gasteiger partial charge in [0.25, 0.3) is 5.91 Å². The normalized spacial score (nSPS) is 20.4. The minimum atomic E-state index is -0.542. The predicted molar refractivity (Wildman–Crippen MR) is 110 cm³/mol. The number of nitrogens with two attached hydrogens (primary N) is 1. The lowest BCUT2D eigenvalue weighted by Crippen LogP contribution is -2.49. The smallest absolute Gasteiger partial charge is 0.255 e. The summed E-state index contributed by atoms with van der Waals surface area (Å²) in [4.78, 5) is 16.1. The van der Waals surface area contributed by atoms with Gasteiger partial charge in [-0.15, -0.1) is 12.4 Å². The number of rotatable bonds is 8. The molecule has 0 radical (unpaired) electrons. The average Bonchev–Trinajstić information content (AvgIpc) is 3.15. The second-order valence-electron chi connectivity index (χ2n) is 7.05. The molecule has 1 aromatic carbocycles. The van der Waals surface area contributed by atoms with Gasteiger partial charge in [-0.1, -0.05) is 0 Å². The maximum Gasteiger partial charge on any atom is 0.255 e. The molecule has 3 N–H and O–H groups in total. The molecule has 28 heavy (non-hydrogen) atoms. The van der Waals surface area contributed by atoms with Crippen molar-refractivity contribution < 1.29 is 19.0 Å². The Morgan fingerprint density at radius 1 is 1.18 bits per heavy atom. The van der Waals surface area contributed by atoms with Gasteiger partial charge in [-0.05, 0) is 24.1 Å². The summed E-state index contributed by atoms with van der Waals surface area (Å²) in [5.41, 5.74) is 6.27. The van der Waals surface area contributed by atoms with E-state index in [4.69, 9.17) is 19.9 Å². The summed E-state index contributed by atoms with van der Waals surface area (Å²) in [7, 11) is 3.15. The van der Waals surface area contributed by atoms with E-state index in [-0.39, 0.29) is 19.0 Å². The van der Waals surface area contributed by atoms with Gasteiger partial charge in [-0.25, -0.2) is 0 Å². The zero-order valence-corrected chi connectivity index (χ0v) is 17.4. The van der Waals surface area contributed by atoms with Crippen LogP contribution < -0.4 is 25.3 Å². The van der Waals surface area contributed by atoms with Crippen molar-refractivity contribution >= 4 is 18.3 Å². The summed E-state index contributed by atoms with van der Waals surface area (Å²) in [6.07, 6.45) is 1.20. The number of carbonyl (C=O) groups is 1. The highest BCUT2D eigenvalue weighted by Crippen LogP contribution is 2.39. The summed E-state index contributed by atoms with van der Waals surface area (Å²) in [5.74, 6) is 0.953. The molecule has 0 bridgehead atoms. The number of benzene rings is 1. The average molecular weight is 415 g/mol. The van der Waals surface area contributed by atoms with Crippen LogP contribution in [0.5, 0.6) is 17.2 Å². The van der Waals surface area contributed by atoms with Gasteiger partial charge < -0.3 is 25.3 Å². The SMILES string of the molecule is COc1cc(CN2CCC(N3CCNCC3)C2)cc(OC)c1OCC(N)=O.Cl. The van der Waals surface area contributed by atoms with E-state index in [1.807, 2.05) is 12.1 Å².